The van der Waals surface area contributed by atoms with Crippen LogP contribution in [0, 0.1) is 5.92 Å². The molecule has 1 fully saturated rings. The fourth-order valence-electron chi connectivity index (χ4n) is 1.80. The van der Waals surface area contributed by atoms with Crippen LogP contribution in [0.3, 0.4) is 0 Å². The second-order valence-electron chi connectivity index (χ2n) is 3.81. The average molecular weight is 201 g/mol. The number of carbonyl (C=O) groups is 1. The van der Waals surface area contributed by atoms with Crippen molar-refractivity contribution in [1.82, 2.24) is 4.90 Å². The van der Waals surface area contributed by atoms with E-state index in [0.29, 0.717) is 11.7 Å². The largest absolute Gasteiger partial charge is 0.305 e. The molecule has 1 unspecified atom stereocenters. The van der Waals surface area contributed by atoms with Crippen molar-refractivity contribution in [2.75, 3.05) is 32.1 Å². The second-order valence-corrected chi connectivity index (χ2v) is 4.80. The van der Waals surface area contributed by atoms with Gasteiger partial charge in [-0.3, -0.25) is 4.79 Å². The van der Waals surface area contributed by atoms with Crippen molar-refractivity contribution in [3.05, 3.63) is 0 Å². The van der Waals surface area contributed by atoms with Crippen LogP contribution in [0.1, 0.15) is 19.3 Å². The van der Waals surface area contributed by atoms with Gasteiger partial charge >= 0.3 is 0 Å². The van der Waals surface area contributed by atoms with Gasteiger partial charge < -0.3 is 4.90 Å². The lowest BCUT2D eigenvalue weighted by molar-refractivity contribution is -0.121. The Kier molecular flexibility index (Phi) is 4.81. The van der Waals surface area contributed by atoms with Crippen molar-refractivity contribution in [3.8, 4) is 0 Å². The summed E-state index contributed by atoms with van der Waals surface area (Å²) in [6, 6.07) is 0. The van der Waals surface area contributed by atoms with Crippen LogP contribution in [0.15, 0.2) is 0 Å². The van der Waals surface area contributed by atoms with E-state index in [1.807, 2.05) is 11.8 Å². The van der Waals surface area contributed by atoms with Crippen molar-refractivity contribution in [3.63, 3.8) is 0 Å². The highest BCUT2D eigenvalue weighted by atomic mass is 32.2. The fraction of sp³-hybridized carbons (Fsp3) is 0.900. The van der Waals surface area contributed by atoms with E-state index >= 15 is 0 Å². The Hall–Kier alpha value is -0.0200. The van der Waals surface area contributed by atoms with Gasteiger partial charge in [-0.25, -0.2) is 0 Å². The van der Waals surface area contributed by atoms with E-state index in [0.717, 1.165) is 38.1 Å². The van der Waals surface area contributed by atoms with E-state index in [-0.39, 0.29) is 0 Å². The van der Waals surface area contributed by atoms with Crippen LogP contribution >= 0.6 is 11.8 Å². The van der Waals surface area contributed by atoms with Gasteiger partial charge in [0, 0.05) is 31.2 Å². The van der Waals surface area contributed by atoms with Crippen LogP contribution in [0.2, 0.25) is 0 Å². The molecular weight excluding hydrogens is 182 g/mol. The molecule has 0 radical (unpaired) electrons. The van der Waals surface area contributed by atoms with Gasteiger partial charge in [0.25, 0.3) is 0 Å². The number of rotatable bonds is 5. The lowest BCUT2D eigenvalue weighted by Crippen LogP contribution is -2.29. The molecule has 3 heteroatoms. The zero-order chi connectivity index (χ0) is 9.68. The molecule has 1 aliphatic carbocycles. The van der Waals surface area contributed by atoms with Crippen LogP contribution in [0.5, 0.6) is 0 Å². The highest BCUT2D eigenvalue weighted by Gasteiger charge is 2.24. The third-order valence-electron chi connectivity index (χ3n) is 2.64. The van der Waals surface area contributed by atoms with Gasteiger partial charge in [0.1, 0.15) is 5.78 Å². The maximum atomic E-state index is 11.4. The monoisotopic (exact) mass is 201 g/mol. The maximum absolute atomic E-state index is 11.4. The lowest BCUT2D eigenvalue weighted by Gasteiger charge is -2.19. The first-order valence-corrected chi connectivity index (χ1v) is 6.33. The van der Waals surface area contributed by atoms with Gasteiger partial charge in [-0.2, -0.15) is 11.8 Å². The molecule has 0 N–H and O–H groups in total. The smallest absolute Gasteiger partial charge is 0.137 e. The van der Waals surface area contributed by atoms with Gasteiger partial charge in [-0.1, -0.05) is 0 Å². The number of ketones is 1. The summed E-state index contributed by atoms with van der Waals surface area (Å²) in [5.41, 5.74) is 0. The molecule has 0 aromatic heterocycles. The van der Waals surface area contributed by atoms with Crippen molar-refractivity contribution in [1.29, 1.82) is 0 Å². The number of hydrogen-bond donors (Lipinski definition) is 0. The third-order valence-corrected chi connectivity index (χ3v) is 3.23. The molecule has 0 bridgehead atoms. The van der Waals surface area contributed by atoms with Gasteiger partial charge in [-0.15, -0.1) is 0 Å². The minimum atomic E-state index is 0.340. The molecule has 13 heavy (non-hydrogen) atoms. The van der Waals surface area contributed by atoms with E-state index in [4.69, 9.17) is 0 Å². The minimum absolute atomic E-state index is 0.340. The zero-order valence-electron chi connectivity index (χ0n) is 8.58. The molecule has 0 amide bonds. The quantitative estimate of drug-likeness (QED) is 0.674. The van der Waals surface area contributed by atoms with E-state index in [2.05, 4.69) is 18.2 Å². The summed E-state index contributed by atoms with van der Waals surface area (Å²) in [5.74, 6) is 1.99. The second kappa shape index (κ2) is 5.66. The van der Waals surface area contributed by atoms with Crippen molar-refractivity contribution in [2.24, 2.45) is 5.92 Å². The average Bonchev–Trinajstić information content (AvgIpc) is 2.48. The van der Waals surface area contributed by atoms with Crippen LogP contribution in [-0.2, 0) is 4.79 Å². The Labute approximate surface area is 85.1 Å². The summed E-state index contributed by atoms with van der Waals surface area (Å²) in [4.78, 5) is 13.6. The predicted octanol–water partition coefficient (Wildman–Crippen LogP) is 1.65. The normalized spacial score (nSPS) is 23.0. The molecule has 1 aliphatic rings. The molecule has 76 valence electrons. The minimum Gasteiger partial charge on any atom is -0.305 e. The van der Waals surface area contributed by atoms with Crippen LogP contribution in [0.25, 0.3) is 0 Å². The number of carbonyl (C=O) groups excluding carboxylic acids is 1. The predicted molar refractivity (Wildman–Crippen MR) is 58.2 cm³/mol. The number of nitrogens with zero attached hydrogens (tertiary/aromatic N) is 1. The fourth-order valence-corrected chi connectivity index (χ4v) is 2.29. The molecule has 2 nitrogen and oxygen atoms in total. The van der Waals surface area contributed by atoms with Crippen LogP contribution < -0.4 is 0 Å². The molecule has 0 aliphatic heterocycles. The Balaban J connectivity index is 2.19. The molecule has 0 heterocycles. The summed E-state index contributed by atoms with van der Waals surface area (Å²) in [6.45, 7) is 2.07. The Morgan fingerprint density at radius 2 is 2.38 bits per heavy atom. The number of Topliss-reactive ketones (excluding diaryl/α,β-unsaturated/α-hetero) is 1. The summed E-state index contributed by atoms with van der Waals surface area (Å²) in [6.07, 6.45) is 5.16. The Morgan fingerprint density at radius 1 is 1.62 bits per heavy atom. The molecule has 0 spiro atoms. The maximum Gasteiger partial charge on any atom is 0.137 e. The first-order chi connectivity index (χ1) is 6.24. The highest BCUT2D eigenvalue weighted by molar-refractivity contribution is 7.98. The molecule has 0 saturated heterocycles. The van der Waals surface area contributed by atoms with E-state index < -0.39 is 0 Å². The molecule has 0 aromatic carbocycles. The van der Waals surface area contributed by atoms with Crippen molar-refractivity contribution in [2.45, 2.75) is 19.3 Å². The summed E-state index contributed by atoms with van der Waals surface area (Å²) < 4.78 is 0. The van der Waals surface area contributed by atoms with Crippen molar-refractivity contribution >= 4 is 17.5 Å². The topological polar surface area (TPSA) is 20.3 Å². The van der Waals surface area contributed by atoms with Crippen LogP contribution in [0.4, 0.5) is 0 Å². The van der Waals surface area contributed by atoms with Gasteiger partial charge in [0.15, 0.2) is 0 Å². The van der Waals surface area contributed by atoms with E-state index in [1.165, 1.54) is 0 Å². The first-order valence-electron chi connectivity index (χ1n) is 4.94. The number of hydrogen-bond acceptors (Lipinski definition) is 3. The molecule has 1 rings (SSSR count). The van der Waals surface area contributed by atoms with Gasteiger partial charge in [0.2, 0.25) is 0 Å². The standard InChI is InChI=1S/C10H19NOS/c1-11(6-7-13-2)8-9-4-3-5-10(9)12/h9H,3-8H2,1-2H3. The van der Waals surface area contributed by atoms with E-state index in [9.17, 15) is 4.79 Å². The summed E-state index contributed by atoms with van der Waals surface area (Å²) in [7, 11) is 2.11. The summed E-state index contributed by atoms with van der Waals surface area (Å²) >= 11 is 1.86. The lowest BCUT2D eigenvalue weighted by atomic mass is 10.1. The Morgan fingerprint density at radius 3 is 2.92 bits per heavy atom. The van der Waals surface area contributed by atoms with Gasteiger partial charge in [0.05, 0.1) is 0 Å². The first kappa shape index (κ1) is 11.1. The van der Waals surface area contributed by atoms with E-state index in [1.54, 1.807) is 0 Å². The molecule has 1 saturated carbocycles. The van der Waals surface area contributed by atoms with Gasteiger partial charge in [-0.05, 0) is 26.1 Å². The number of thioether (sulfide) groups is 1. The zero-order valence-corrected chi connectivity index (χ0v) is 9.40. The molecular formula is C10H19NOS. The van der Waals surface area contributed by atoms with Crippen molar-refractivity contribution < 1.29 is 4.79 Å². The Bertz CT molecular complexity index is 172. The molecule has 0 aromatic rings. The summed E-state index contributed by atoms with van der Waals surface area (Å²) in [5, 5.41) is 0. The third kappa shape index (κ3) is 3.69. The highest BCUT2D eigenvalue weighted by Crippen LogP contribution is 2.21. The molecule has 1 atom stereocenters. The van der Waals surface area contributed by atoms with Crippen LogP contribution in [-0.4, -0.2) is 42.8 Å². The SMILES string of the molecule is CSCCN(C)CC1CCCC1=O.